The number of piperidine rings is 1. The molecule has 0 aliphatic carbocycles. The lowest BCUT2D eigenvalue weighted by Crippen LogP contribution is -2.44. The van der Waals surface area contributed by atoms with Gasteiger partial charge in [0.25, 0.3) is 0 Å². The fourth-order valence-corrected chi connectivity index (χ4v) is 3.45. The average Bonchev–Trinajstić information content (AvgIpc) is 2.81. The minimum atomic E-state index is 0.616. The number of hydrogen-bond donors (Lipinski definition) is 1. The SMILES string of the molecule is CC(CNC1CCN2CCC1C2)c1ccccc1. The number of nitrogens with zero attached hydrogens (tertiary/aromatic N) is 1. The maximum absolute atomic E-state index is 3.82. The van der Waals surface area contributed by atoms with Gasteiger partial charge in [-0.15, -0.1) is 0 Å². The molecule has 2 bridgehead atoms. The molecule has 18 heavy (non-hydrogen) atoms. The van der Waals surface area contributed by atoms with E-state index in [1.165, 1.54) is 38.0 Å². The van der Waals surface area contributed by atoms with Crippen molar-refractivity contribution in [1.29, 1.82) is 0 Å². The van der Waals surface area contributed by atoms with Crippen molar-refractivity contribution in [1.82, 2.24) is 10.2 Å². The van der Waals surface area contributed by atoms with E-state index in [0.29, 0.717) is 5.92 Å². The highest BCUT2D eigenvalue weighted by Crippen LogP contribution is 2.27. The molecule has 3 rings (SSSR count). The second-order valence-electron chi connectivity index (χ2n) is 5.96. The van der Waals surface area contributed by atoms with Crippen molar-refractivity contribution in [2.24, 2.45) is 5.92 Å². The first kappa shape index (κ1) is 12.2. The number of hydrogen-bond acceptors (Lipinski definition) is 2. The van der Waals surface area contributed by atoms with Crippen LogP contribution in [0.3, 0.4) is 0 Å². The number of benzene rings is 1. The van der Waals surface area contributed by atoms with Gasteiger partial charge in [-0.3, -0.25) is 0 Å². The van der Waals surface area contributed by atoms with Gasteiger partial charge in [0.15, 0.2) is 0 Å². The summed E-state index contributed by atoms with van der Waals surface area (Å²) in [5, 5.41) is 3.82. The summed E-state index contributed by atoms with van der Waals surface area (Å²) >= 11 is 0. The van der Waals surface area contributed by atoms with Crippen LogP contribution in [-0.2, 0) is 0 Å². The van der Waals surface area contributed by atoms with E-state index in [2.05, 4.69) is 47.5 Å². The zero-order valence-electron chi connectivity index (χ0n) is 11.3. The highest BCUT2D eigenvalue weighted by Gasteiger charge is 2.33. The molecule has 4 unspecified atom stereocenters. The lowest BCUT2D eigenvalue weighted by atomic mass is 9.93. The predicted molar refractivity (Wildman–Crippen MR) is 75.8 cm³/mol. The zero-order valence-corrected chi connectivity index (χ0v) is 11.3. The molecule has 0 spiro atoms. The van der Waals surface area contributed by atoms with Gasteiger partial charge in [0.05, 0.1) is 0 Å². The summed E-state index contributed by atoms with van der Waals surface area (Å²) in [7, 11) is 0. The van der Waals surface area contributed by atoms with Crippen LogP contribution >= 0.6 is 0 Å². The van der Waals surface area contributed by atoms with E-state index in [1.807, 2.05) is 0 Å². The first-order valence-corrected chi connectivity index (χ1v) is 7.33. The van der Waals surface area contributed by atoms with Gasteiger partial charge in [0.1, 0.15) is 0 Å². The molecule has 1 N–H and O–H groups in total. The lowest BCUT2D eigenvalue weighted by molar-refractivity contribution is 0.220. The molecule has 0 amide bonds. The van der Waals surface area contributed by atoms with Gasteiger partial charge in [-0.25, -0.2) is 0 Å². The first-order valence-electron chi connectivity index (χ1n) is 7.33. The summed E-state index contributed by atoms with van der Waals surface area (Å²) in [4.78, 5) is 2.61. The van der Waals surface area contributed by atoms with Gasteiger partial charge in [-0.2, -0.15) is 0 Å². The fourth-order valence-electron chi connectivity index (χ4n) is 3.45. The van der Waals surface area contributed by atoms with Crippen LogP contribution < -0.4 is 5.32 Å². The lowest BCUT2D eigenvalue weighted by Gasteiger charge is -2.32. The molecule has 0 saturated carbocycles. The maximum atomic E-state index is 3.82. The van der Waals surface area contributed by atoms with E-state index in [0.717, 1.165) is 18.5 Å². The summed E-state index contributed by atoms with van der Waals surface area (Å²) in [6, 6.07) is 11.6. The van der Waals surface area contributed by atoms with Crippen LogP contribution in [0, 0.1) is 5.92 Å². The zero-order chi connectivity index (χ0) is 12.4. The number of fused-ring (bicyclic) bond motifs is 2. The number of rotatable bonds is 4. The van der Waals surface area contributed by atoms with Crippen molar-refractivity contribution >= 4 is 0 Å². The van der Waals surface area contributed by atoms with Gasteiger partial charge in [0.2, 0.25) is 0 Å². The Morgan fingerprint density at radius 2 is 2.00 bits per heavy atom. The Bertz CT molecular complexity index is 376. The Hall–Kier alpha value is -0.860. The van der Waals surface area contributed by atoms with E-state index in [1.54, 1.807) is 0 Å². The van der Waals surface area contributed by atoms with Crippen molar-refractivity contribution in [3.8, 4) is 0 Å². The van der Waals surface area contributed by atoms with E-state index in [-0.39, 0.29) is 0 Å². The van der Waals surface area contributed by atoms with Crippen molar-refractivity contribution in [2.75, 3.05) is 26.2 Å². The van der Waals surface area contributed by atoms with Crippen LogP contribution in [0.2, 0.25) is 0 Å². The third-order valence-corrected chi connectivity index (χ3v) is 4.69. The Labute approximate surface area is 110 Å². The predicted octanol–water partition coefficient (Wildman–Crippen LogP) is 2.47. The second kappa shape index (κ2) is 5.41. The third kappa shape index (κ3) is 2.60. The molecular weight excluding hydrogens is 220 g/mol. The fraction of sp³-hybridized carbons (Fsp3) is 0.625. The molecule has 2 nitrogen and oxygen atoms in total. The molecule has 98 valence electrons. The summed E-state index contributed by atoms with van der Waals surface area (Å²) < 4.78 is 0. The molecule has 2 saturated heterocycles. The Morgan fingerprint density at radius 1 is 1.22 bits per heavy atom. The van der Waals surface area contributed by atoms with E-state index >= 15 is 0 Å². The van der Waals surface area contributed by atoms with E-state index in [4.69, 9.17) is 0 Å². The summed E-state index contributed by atoms with van der Waals surface area (Å²) in [5.74, 6) is 1.52. The monoisotopic (exact) mass is 244 g/mol. The van der Waals surface area contributed by atoms with Gasteiger partial charge in [-0.1, -0.05) is 37.3 Å². The van der Waals surface area contributed by atoms with Crippen LogP contribution in [0.4, 0.5) is 0 Å². The highest BCUT2D eigenvalue weighted by atomic mass is 15.2. The first-order chi connectivity index (χ1) is 8.83. The molecule has 1 aromatic rings. The molecule has 2 heteroatoms. The molecule has 0 radical (unpaired) electrons. The molecule has 1 aromatic carbocycles. The quantitative estimate of drug-likeness (QED) is 0.875. The highest BCUT2D eigenvalue weighted by molar-refractivity contribution is 5.19. The van der Waals surface area contributed by atoms with E-state index < -0.39 is 0 Å². The van der Waals surface area contributed by atoms with Crippen LogP contribution in [-0.4, -0.2) is 37.1 Å². The Kier molecular flexibility index (Phi) is 3.67. The van der Waals surface area contributed by atoms with Crippen molar-refractivity contribution in [3.63, 3.8) is 0 Å². The van der Waals surface area contributed by atoms with Crippen molar-refractivity contribution in [2.45, 2.75) is 31.7 Å². The maximum Gasteiger partial charge on any atom is 0.0120 e. The minimum absolute atomic E-state index is 0.616. The Morgan fingerprint density at radius 3 is 2.83 bits per heavy atom. The molecule has 4 atom stereocenters. The molecule has 2 aliphatic heterocycles. The van der Waals surface area contributed by atoms with Crippen LogP contribution in [0.15, 0.2) is 30.3 Å². The summed E-state index contributed by atoms with van der Waals surface area (Å²) in [6.45, 7) is 7.40. The van der Waals surface area contributed by atoms with Crippen LogP contribution in [0.25, 0.3) is 0 Å². The van der Waals surface area contributed by atoms with Gasteiger partial charge < -0.3 is 10.2 Å². The number of nitrogens with one attached hydrogen (secondary N) is 1. The molecule has 0 aromatic heterocycles. The van der Waals surface area contributed by atoms with Crippen LogP contribution in [0.5, 0.6) is 0 Å². The average molecular weight is 244 g/mol. The van der Waals surface area contributed by atoms with Gasteiger partial charge in [0, 0.05) is 19.1 Å². The standard InChI is InChI=1S/C16H24N2/c1-13(14-5-3-2-4-6-14)11-17-16-8-10-18-9-7-15(16)12-18/h2-6,13,15-17H,7-12H2,1H3. The summed E-state index contributed by atoms with van der Waals surface area (Å²) in [6.07, 6.45) is 2.74. The second-order valence-corrected chi connectivity index (χ2v) is 5.96. The summed E-state index contributed by atoms with van der Waals surface area (Å²) in [5.41, 5.74) is 1.45. The van der Waals surface area contributed by atoms with Crippen molar-refractivity contribution < 1.29 is 0 Å². The van der Waals surface area contributed by atoms with E-state index in [9.17, 15) is 0 Å². The van der Waals surface area contributed by atoms with Gasteiger partial charge in [-0.05, 0) is 43.3 Å². The van der Waals surface area contributed by atoms with Crippen LogP contribution in [0.1, 0.15) is 31.2 Å². The third-order valence-electron chi connectivity index (χ3n) is 4.69. The molecule has 2 aliphatic rings. The topological polar surface area (TPSA) is 15.3 Å². The van der Waals surface area contributed by atoms with Gasteiger partial charge >= 0.3 is 0 Å². The molecule has 2 fully saturated rings. The minimum Gasteiger partial charge on any atom is -0.313 e. The molecular formula is C16H24N2. The smallest absolute Gasteiger partial charge is 0.0120 e. The molecule has 2 heterocycles. The largest absolute Gasteiger partial charge is 0.313 e. The Balaban J connectivity index is 1.52. The normalized spacial score (nSPS) is 32.4. The van der Waals surface area contributed by atoms with Crippen molar-refractivity contribution in [3.05, 3.63) is 35.9 Å².